The molecule has 1 atom stereocenters. The van der Waals surface area contributed by atoms with Gasteiger partial charge in [0.2, 0.25) is 0 Å². The minimum absolute atomic E-state index is 0.344. The van der Waals surface area contributed by atoms with Gasteiger partial charge in [-0.2, -0.15) is 0 Å². The summed E-state index contributed by atoms with van der Waals surface area (Å²) in [6.45, 7) is 9.54. The molecule has 0 bridgehead atoms. The Kier molecular flexibility index (Phi) is 3.64. The van der Waals surface area contributed by atoms with Gasteiger partial charge in [-0.25, -0.2) is 0 Å². The van der Waals surface area contributed by atoms with Gasteiger partial charge in [0, 0.05) is 25.7 Å². The predicted molar refractivity (Wildman–Crippen MR) is 80.5 cm³/mol. The zero-order valence-electron chi connectivity index (χ0n) is 12.3. The van der Waals surface area contributed by atoms with Crippen LogP contribution in [0.3, 0.4) is 0 Å². The van der Waals surface area contributed by atoms with E-state index in [0.29, 0.717) is 11.5 Å². The summed E-state index contributed by atoms with van der Waals surface area (Å²) >= 11 is 0. The van der Waals surface area contributed by atoms with Crippen LogP contribution in [0.5, 0.6) is 0 Å². The lowest BCUT2D eigenvalue weighted by Gasteiger charge is -2.41. The van der Waals surface area contributed by atoms with Gasteiger partial charge in [-0.05, 0) is 42.3 Å². The Labute approximate surface area is 117 Å². The molecule has 1 aromatic carbocycles. The summed E-state index contributed by atoms with van der Waals surface area (Å²) in [6.07, 6.45) is 3.89. The highest BCUT2D eigenvalue weighted by Crippen LogP contribution is 2.43. The van der Waals surface area contributed by atoms with Crippen molar-refractivity contribution in [3.8, 4) is 0 Å². The van der Waals surface area contributed by atoms with Gasteiger partial charge in [0.05, 0.1) is 0 Å². The molecule has 1 N–H and O–H groups in total. The van der Waals surface area contributed by atoms with Crippen molar-refractivity contribution in [1.82, 2.24) is 10.2 Å². The first-order valence-electron chi connectivity index (χ1n) is 7.73. The summed E-state index contributed by atoms with van der Waals surface area (Å²) in [7, 11) is 0. The van der Waals surface area contributed by atoms with E-state index in [2.05, 4.69) is 48.3 Å². The molecule has 0 spiro atoms. The van der Waals surface area contributed by atoms with Crippen LogP contribution in [0, 0.1) is 0 Å². The summed E-state index contributed by atoms with van der Waals surface area (Å²) in [5.74, 6) is 0. The Hall–Kier alpha value is -0.860. The number of nitrogens with zero attached hydrogens (tertiary/aromatic N) is 1. The summed E-state index contributed by atoms with van der Waals surface area (Å²) < 4.78 is 0. The van der Waals surface area contributed by atoms with Crippen molar-refractivity contribution >= 4 is 0 Å². The minimum Gasteiger partial charge on any atom is -0.315 e. The second-order valence-corrected chi connectivity index (χ2v) is 6.67. The zero-order chi connectivity index (χ0) is 13.3. The molecule has 1 aromatic rings. The summed E-state index contributed by atoms with van der Waals surface area (Å²) in [5, 5.41) is 3.51. The standard InChI is InChI=1S/C17H26N2/c1-17(2)9-8-16(14-6-3-4-7-15(14)17)19-12-5-10-18-11-13-19/h3-4,6-7,16,18H,5,8-13H2,1-2H3. The lowest BCUT2D eigenvalue weighted by atomic mass is 9.70. The van der Waals surface area contributed by atoms with E-state index in [-0.39, 0.29) is 0 Å². The SMILES string of the molecule is CC1(C)CCC(N2CCCNCC2)c2ccccc21. The normalized spacial score (nSPS) is 27.6. The van der Waals surface area contributed by atoms with Crippen LogP contribution in [-0.4, -0.2) is 31.1 Å². The highest BCUT2D eigenvalue weighted by atomic mass is 15.2. The third kappa shape index (κ3) is 2.56. The van der Waals surface area contributed by atoms with E-state index < -0.39 is 0 Å². The maximum atomic E-state index is 3.51. The molecule has 1 heterocycles. The molecule has 3 rings (SSSR count). The summed E-state index contributed by atoms with van der Waals surface area (Å²) in [5.41, 5.74) is 3.50. The largest absolute Gasteiger partial charge is 0.315 e. The number of fused-ring (bicyclic) bond motifs is 1. The molecule has 1 fully saturated rings. The van der Waals surface area contributed by atoms with Crippen molar-refractivity contribution in [2.45, 2.75) is 44.6 Å². The fourth-order valence-corrected chi connectivity index (χ4v) is 3.75. The average Bonchev–Trinajstić information content (AvgIpc) is 2.68. The average molecular weight is 258 g/mol. The van der Waals surface area contributed by atoms with Crippen LogP contribution in [0.4, 0.5) is 0 Å². The number of benzene rings is 1. The van der Waals surface area contributed by atoms with Crippen molar-refractivity contribution in [2.75, 3.05) is 26.2 Å². The van der Waals surface area contributed by atoms with Crippen molar-refractivity contribution in [3.63, 3.8) is 0 Å². The monoisotopic (exact) mass is 258 g/mol. The number of rotatable bonds is 1. The first-order valence-corrected chi connectivity index (χ1v) is 7.73. The predicted octanol–water partition coefficient (Wildman–Crippen LogP) is 3.09. The summed E-state index contributed by atoms with van der Waals surface area (Å²) in [6, 6.07) is 9.76. The Balaban J connectivity index is 1.91. The highest BCUT2D eigenvalue weighted by molar-refractivity contribution is 5.38. The van der Waals surface area contributed by atoms with Crippen LogP contribution in [0.15, 0.2) is 24.3 Å². The Bertz CT molecular complexity index is 431. The fourth-order valence-electron chi connectivity index (χ4n) is 3.75. The van der Waals surface area contributed by atoms with E-state index in [1.165, 1.54) is 38.9 Å². The fraction of sp³-hybridized carbons (Fsp3) is 0.647. The van der Waals surface area contributed by atoms with Gasteiger partial charge in [-0.1, -0.05) is 38.1 Å². The first kappa shape index (κ1) is 13.1. The molecular weight excluding hydrogens is 232 g/mol. The van der Waals surface area contributed by atoms with Crippen molar-refractivity contribution in [1.29, 1.82) is 0 Å². The topological polar surface area (TPSA) is 15.3 Å². The van der Waals surface area contributed by atoms with E-state index in [0.717, 1.165) is 6.54 Å². The van der Waals surface area contributed by atoms with Gasteiger partial charge in [-0.3, -0.25) is 4.90 Å². The van der Waals surface area contributed by atoms with Gasteiger partial charge in [-0.15, -0.1) is 0 Å². The van der Waals surface area contributed by atoms with Crippen LogP contribution in [-0.2, 0) is 5.41 Å². The Morgan fingerprint density at radius 3 is 2.89 bits per heavy atom. The van der Waals surface area contributed by atoms with E-state index in [1.54, 1.807) is 11.1 Å². The molecule has 104 valence electrons. The van der Waals surface area contributed by atoms with Gasteiger partial charge in [0.25, 0.3) is 0 Å². The second kappa shape index (κ2) is 5.26. The van der Waals surface area contributed by atoms with Gasteiger partial charge < -0.3 is 5.32 Å². The van der Waals surface area contributed by atoms with Crippen LogP contribution in [0.25, 0.3) is 0 Å². The molecule has 2 heteroatoms. The Morgan fingerprint density at radius 1 is 1.16 bits per heavy atom. The molecule has 1 aliphatic heterocycles. The van der Waals surface area contributed by atoms with Gasteiger partial charge in [0.15, 0.2) is 0 Å². The van der Waals surface area contributed by atoms with E-state index in [9.17, 15) is 0 Å². The Morgan fingerprint density at radius 2 is 2.00 bits per heavy atom. The number of hydrogen-bond acceptors (Lipinski definition) is 2. The van der Waals surface area contributed by atoms with Crippen molar-refractivity contribution in [3.05, 3.63) is 35.4 Å². The first-order chi connectivity index (χ1) is 9.18. The highest BCUT2D eigenvalue weighted by Gasteiger charge is 2.34. The molecule has 2 nitrogen and oxygen atoms in total. The van der Waals surface area contributed by atoms with Gasteiger partial charge in [0.1, 0.15) is 0 Å². The van der Waals surface area contributed by atoms with Crippen LogP contribution < -0.4 is 5.32 Å². The van der Waals surface area contributed by atoms with Crippen LogP contribution >= 0.6 is 0 Å². The molecule has 0 radical (unpaired) electrons. The molecule has 1 unspecified atom stereocenters. The molecule has 2 aliphatic rings. The lowest BCUT2D eigenvalue weighted by Crippen LogP contribution is -2.37. The second-order valence-electron chi connectivity index (χ2n) is 6.67. The molecule has 1 aliphatic carbocycles. The molecule has 19 heavy (non-hydrogen) atoms. The van der Waals surface area contributed by atoms with Crippen LogP contribution in [0.1, 0.15) is 50.3 Å². The third-order valence-corrected chi connectivity index (χ3v) is 4.91. The number of nitrogens with one attached hydrogen (secondary N) is 1. The summed E-state index contributed by atoms with van der Waals surface area (Å²) in [4.78, 5) is 2.70. The molecule has 1 saturated heterocycles. The molecule has 0 aromatic heterocycles. The minimum atomic E-state index is 0.344. The molecule has 0 amide bonds. The smallest absolute Gasteiger partial charge is 0.0351 e. The quantitative estimate of drug-likeness (QED) is 0.832. The lowest BCUT2D eigenvalue weighted by molar-refractivity contribution is 0.174. The molecular formula is C17H26N2. The van der Waals surface area contributed by atoms with Crippen molar-refractivity contribution in [2.24, 2.45) is 0 Å². The van der Waals surface area contributed by atoms with Crippen LogP contribution in [0.2, 0.25) is 0 Å². The van der Waals surface area contributed by atoms with Crippen molar-refractivity contribution < 1.29 is 0 Å². The third-order valence-electron chi connectivity index (χ3n) is 4.91. The maximum absolute atomic E-state index is 3.51. The van der Waals surface area contributed by atoms with Gasteiger partial charge >= 0.3 is 0 Å². The zero-order valence-corrected chi connectivity index (χ0v) is 12.3. The maximum Gasteiger partial charge on any atom is 0.0351 e. The molecule has 0 saturated carbocycles. The van der Waals surface area contributed by atoms with E-state index >= 15 is 0 Å². The van der Waals surface area contributed by atoms with E-state index in [1.807, 2.05) is 0 Å². The number of hydrogen-bond donors (Lipinski definition) is 1. The van der Waals surface area contributed by atoms with E-state index in [4.69, 9.17) is 0 Å².